The molecule has 0 spiro atoms. The Hall–Kier alpha value is -2.88. The number of ether oxygens (including phenoxy) is 1. The van der Waals surface area contributed by atoms with Gasteiger partial charge in [0.25, 0.3) is 11.7 Å². The van der Waals surface area contributed by atoms with Crippen LogP contribution in [0.2, 0.25) is 0 Å². The number of esters is 1. The maximum atomic E-state index is 12.1. The number of fused-ring (bicyclic) bond motifs is 1. The third-order valence-electron chi connectivity index (χ3n) is 2.72. The Balaban J connectivity index is 1.68. The highest BCUT2D eigenvalue weighted by Crippen LogP contribution is 2.16. The van der Waals surface area contributed by atoms with Gasteiger partial charge in [0.15, 0.2) is 5.13 Å². The number of rotatable bonds is 5. The van der Waals surface area contributed by atoms with Crippen molar-refractivity contribution in [1.82, 2.24) is 24.6 Å². The Labute approximate surface area is 134 Å². The Morgan fingerprint density at radius 1 is 1.39 bits per heavy atom. The van der Waals surface area contributed by atoms with Crippen molar-refractivity contribution in [3.8, 4) is 0 Å². The molecule has 3 heterocycles. The predicted molar refractivity (Wildman–Crippen MR) is 81.2 cm³/mol. The molecule has 0 saturated carbocycles. The van der Waals surface area contributed by atoms with Crippen LogP contribution < -0.4 is 5.32 Å². The predicted octanol–water partition coefficient (Wildman–Crippen LogP) is 0.939. The SMILES string of the molecule is CCOC(=O)Cc1csc(NC(=O)c2nc3ncccn3n2)n1. The zero-order valence-corrected chi connectivity index (χ0v) is 12.9. The zero-order valence-electron chi connectivity index (χ0n) is 12.1. The Bertz CT molecular complexity index is 825. The highest BCUT2D eigenvalue weighted by atomic mass is 32.1. The smallest absolute Gasteiger partial charge is 0.311 e. The van der Waals surface area contributed by atoms with E-state index in [9.17, 15) is 9.59 Å². The first-order chi connectivity index (χ1) is 11.2. The molecular formula is C13H12N6O3S. The quantitative estimate of drug-likeness (QED) is 0.692. The summed E-state index contributed by atoms with van der Waals surface area (Å²) in [6.45, 7) is 2.06. The molecule has 3 aromatic rings. The Morgan fingerprint density at radius 3 is 3.04 bits per heavy atom. The number of anilines is 1. The maximum absolute atomic E-state index is 12.1. The van der Waals surface area contributed by atoms with Gasteiger partial charge >= 0.3 is 5.97 Å². The van der Waals surface area contributed by atoms with Crippen molar-refractivity contribution in [1.29, 1.82) is 0 Å². The van der Waals surface area contributed by atoms with Gasteiger partial charge < -0.3 is 4.74 Å². The summed E-state index contributed by atoms with van der Waals surface area (Å²) in [5.41, 5.74) is 0.536. The standard InChI is InChI=1S/C13H12N6O3S/c1-2-22-9(20)6-8-7-23-13(15-8)17-11(21)10-16-12-14-4-3-5-19(12)18-10/h3-5,7H,2,6H2,1H3,(H,15,17,21). The fraction of sp³-hybridized carbons (Fsp3) is 0.231. The molecule has 9 nitrogen and oxygen atoms in total. The van der Waals surface area contributed by atoms with E-state index in [1.54, 1.807) is 30.8 Å². The summed E-state index contributed by atoms with van der Waals surface area (Å²) in [5, 5.41) is 8.66. The number of carbonyl (C=O) groups is 2. The number of aromatic nitrogens is 5. The van der Waals surface area contributed by atoms with E-state index in [4.69, 9.17) is 4.74 Å². The summed E-state index contributed by atoms with van der Waals surface area (Å²) in [5.74, 6) is -0.526. The third-order valence-corrected chi connectivity index (χ3v) is 3.53. The topological polar surface area (TPSA) is 111 Å². The highest BCUT2D eigenvalue weighted by Gasteiger charge is 2.16. The van der Waals surface area contributed by atoms with Crippen LogP contribution >= 0.6 is 11.3 Å². The first kappa shape index (κ1) is 15.0. The molecule has 1 N–H and O–H groups in total. The van der Waals surface area contributed by atoms with E-state index in [1.807, 2.05) is 0 Å². The van der Waals surface area contributed by atoms with Gasteiger partial charge in [-0.3, -0.25) is 14.9 Å². The second-order valence-electron chi connectivity index (χ2n) is 4.38. The molecule has 1 amide bonds. The second-order valence-corrected chi connectivity index (χ2v) is 5.24. The van der Waals surface area contributed by atoms with Crippen molar-refractivity contribution in [2.75, 3.05) is 11.9 Å². The van der Waals surface area contributed by atoms with Crippen LogP contribution in [0, 0.1) is 0 Å². The van der Waals surface area contributed by atoms with E-state index in [1.165, 1.54) is 15.9 Å². The van der Waals surface area contributed by atoms with Gasteiger partial charge in [-0.2, -0.15) is 4.98 Å². The zero-order chi connectivity index (χ0) is 16.2. The van der Waals surface area contributed by atoms with Gasteiger partial charge in [0.1, 0.15) is 0 Å². The van der Waals surface area contributed by atoms with Crippen LogP contribution in [0.25, 0.3) is 5.78 Å². The molecule has 10 heteroatoms. The second kappa shape index (κ2) is 6.48. The molecule has 0 fully saturated rings. The molecule has 118 valence electrons. The molecular weight excluding hydrogens is 320 g/mol. The number of hydrogen-bond donors (Lipinski definition) is 1. The molecule has 0 aliphatic carbocycles. The summed E-state index contributed by atoms with van der Waals surface area (Å²) >= 11 is 1.21. The summed E-state index contributed by atoms with van der Waals surface area (Å²) in [6.07, 6.45) is 3.28. The van der Waals surface area contributed by atoms with Gasteiger partial charge in [0.2, 0.25) is 5.82 Å². The van der Waals surface area contributed by atoms with Gasteiger partial charge in [0, 0.05) is 17.8 Å². The lowest BCUT2D eigenvalue weighted by Crippen LogP contribution is -2.14. The van der Waals surface area contributed by atoms with Gasteiger partial charge in [-0.1, -0.05) is 0 Å². The Morgan fingerprint density at radius 2 is 2.26 bits per heavy atom. The van der Waals surface area contributed by atoms with Crippen molar-refractivity contribution in [3.63, 3.8) is 0 Å². The molecule has 3 aromatic heterocycles. The van der Waals surface area contributed by atoms with E-state index < -0.39 is 5.91 Å². The van der Waals surface area contributed by atoms with E-state index in [0.29, 0.717) is 23.2 Å². The summed E-state index contributed by atoms with van der Waals surface area (Å²) < 4.78 is 6.25. The van der Waals surface area contributed by atoms with E-state index in [0.717, 1.165) is 0 Å². The number of nitrogens with zero attached hydrogens (tertiary/aromatic N) is 5. The average Bonchev–Trinajstić information content (AvgIpc) is 3.14. The van der Waals surface area contributed by atoms with Gasteiger partial charge in [-0.25, -0.2) is 14.5 Å². The van der Waals surface area contributed by atoms with Crippen LogP contribution in [0.1, 0.15) is 23.2 Å². The van der Waals surface area contributed by atoms with Crippen molar-refractivity contribution in [2.24, 2.45) is 0 Å². The molecule has 0 atom stereocenters. The molecule has 3 rings (SSSR count). The summed E-state index contributed by atoms with van der Waals surface area (Å²) in [6, 6.07) is 1.69. The molecule has 0 saturated heterocycles. The molecule has 0 bridgehead atoms. The van der Waals surface area contributed by atoms with Crippen LogP contribution in [0.3, 0.4) is 0 Å². The van der Waals surface area contributed by atoms with E-state index in [-0.39, 0.29) is 18.2 Å². The largest absolute Gasteiger partial charge is 0.466 e. The third kappa shape index (κ3) is 3.48. The first-order valence-corrected chi connectivity index (χ1v) is 7.62. The maximum Gasteiger partial charge on any atom is 0.311 e. The van der Waals surface area contributed by atoms with Gasteiger partial charge in [-0.05, 0) is 13.0 Å². The van der Waals surface area contributed by atoms with Crippen molar-refractivity contribution < 1.29 is 14.3 Å². The minimum Gasteiger partial charge on any atom is -0.466 e. The average molecular weight is 332 g/mol. The minimum absolute atomic E-state index is 0.00848. The number of hydrogen-bond acceptors (Lipinski definition) is 8. The van der Waals surface area contributed by atoms with Crippen molar-refractivity contribution >= 4 is 34.1 Å². The van der Waals surface area contributed by atoms with Gasteiger partial charge in [0.05, 0.1) is 18.7 Å². The van der Waals surface area contributed by atoms with Gasteiger partial charge in [-0.15, -0.1) is 16.4 Å². The Kier molecular flexibility index (Phi) is 4.24. The summed E-state index contributed by atoms with van der Waals surface area (Å²) in [4.78, 5) is 35.7. The van der Waals surface area contributed by atoms with Crippen LogP contribution in [0.4, 0.5) is 5.13 Å². The molecule has 0 unspecified atom stereocenters. The lowest BCUT2D eigenvalue weighted by Gasteiger charge is -1.98. The monoisotopic (exact) mass is 332 g/mol. The first-order valence-electron chi connectivity index (χ1n) is 6.74. The minimum atomic E-state index is -0.493. The fourth-order valence-corrected chi connectivity index (χ4v) is 2.49. The number of nitrogens with one attached hydrogen (secondary N) is 1. The normalized spacial score (nSPS) is 10.7. The molecule has 0 aromatic carbocycles. The van der Waals surface area contributed by atoms with Crippen LogP contribution in [0.5, 0.6) is 0 Å². The van der Waals surface area contributed by atoms with Crippen LogP contribution in [-0.4, -0.2) is 43.0 Å². The number of thiazole rings is 1. The van der Waals surface area contributed by atoms with Crippen LogP contribution in [-0.2, 0) is 16.0 Å². The lowest BCUT2D eigenvalue weighted by atomic mass is 10.3. The molecule has 0 radical (unpaired) electrons. The molecule has 0 aliphatic rings. The van der Waals surface area contributed by atoms with Crippen molar-refractivity contribution in [2.45, 2.75) is 13.3 Å². The summed E-state index contributed by atoms with van der Waals surface area (Å²) in [7, 11) is 0. The van der Waals surface area contributed by atoms with E-state index in [2.05, 4.69) is 25.4 Å². The molecule has 0 aliphatic heterocycles. The van der Waals surface area contributed by atoms with Crippen LogP contribution in [0.15, 0.2) is 23.8 Å². The number of amides is 1. The lowest BCUT2D eigenvalue weighted by molar-refractivity contribution is -0.142. The number of carbonyl (C=O) groups excluding carboxylic acids is 2. The molecule has 23 heavy (non-hydrogen) atoms. The highest BCUT2D eigenvalue weighted by molar-refractivity contribution is 7.14. The van der Waals surface area contributed by atoms with E-state index >= 15 is 0 Å². The fourth-order valence-electron chi connectivity index (χ4n) is 1.79. The van der Waals surface area contributed by atoms with Crippen molar-refractivity contribution in [3.05, 3.63) is 35.4 Å².